The van der Waals surface area contributed by atoms with Crippen LogP contribution in [0.25, 0.3) is 0 Å². The van der Waals surface area contributed by atoms with Gasteiger partial charge in [-0.3, -0.25) is 0 Å². The van der Waals surface area contributed by atoms with E-state index in [-0.39, 0.29) is 11.1 Å². The summed E-state index contributed by atoms with van der Waals surface area (Å²) in [6.07, 6.45) is 0. The third kappa shape index (κ3) is 4.23. The van der Waals surface area contributed by atoms with Gasteiger partial charge in [0.15, 0.2) is 0 Å². The second-order valence-electron chi connectivity index (χ2n) is 5.02. The third-order valence-electron chi connectivity index (χ3n) is 3.28. The Morgan fingerprint density at radius 2 is 1.16 bits per heavy atom. The van der Waals surface area contributed by atoms with Crippen LogP contribution in [-0.4, -0.2) is 11.9 Å². The zero-order valence-corrected chi connectivity index (χ0v) is 13.1. The summed E-state index contributed by atoms with van der Waals surface area (Å²) in [5, 5.41) is 0. The Bertz CT molecular complexity index is 860. The summed E-state index contributed by atoms with van der Waals surface area (Å²) in [6.45, 7) is 0. The molecule has 0 fully saturated rings. The van der Waals surface area contributed by atoms with Crippen LogP contribution in [0.15, 0.2) is 84.9 Å². The molecule has 0 bridgehead atoms. The van der Waals surface area contributed by atoms with Gasteiger partial charge in [-0.1, -0.05) is 48.5 Å². The number of hydrogen-bond donors (Lipinski definition) is 0. The molecule has 0 saturated carbocycles. The molecule has 0 aliphatic heterocycles. The Kier molecular flexibility index (Phi) is 5.07. The number of hydrogen-bond acceptors (Lipinski definition) is 5. The second-order valence-corrected chi connectivity index (χ2v) is 5.02. The van der Waals surface area contributed by atoms with Crippen LogP contribution < -0.4 is 4.74 Å². The molecule has 0 N–H and O–H groups in total. The van der Waals surface area contributed by atoms with Crippen molar-refractivity contribution in [2.75, 3.05) is 0 Å². The van der Waals surface area contributed by atoms with Crippen molar-refractivity contribution in [1.29, 1.82) is 0 Å². The molecule has 3 rings (SSSR count). The van der Waals surface area contributed by atoms with Crippen molar-refractivity contribution in [3.63, 3.8) is 0 Å². The van der Waals surface area contributed by atoms with Crippen molar-refractivity contribution in [1.82, 2.24) is 0 Å². The topological polar surface area (TPSA) is 61.8 Å². The molecule has 3 aromatic rings. The zero-order valence-electron chi connectivity index (χ0n) is 13.1. The van der Waals surface area contributed by atoms with Gasteiger partial charge in [-0.15, -0.1) is 0 Å². The molecule has 0 aliphatic carbocycles. The molecule has 0 radical (unpaired) electrons. The lowest BCUT2D eigenvalue weighted by Crippen LogP contribution is -2.12. The molecule has 25 heavy (non-hydrogen) atoms. The first kappa shape index (κ1) is 16.3. The lowest BCUT2D eigenvalue weighted by Gasteiger charge is -2.09. The van der Waals surface area contributed by atoms with E-state index in [1.54, 1.807) is 60.7 Å². The van der Waals surface area contributed by atoms with E-state index in [1.807, 2.05) is 18.2 Å². The molecule has 124 valence electrons. The maximum absolute atomic E-state index is 12.2. The highest BCUT2D eigenvalue weighted by molar-refractivity contribution is 5.94. The van der Waals surface area contributed by atoms with Crippen molar-refractivity contribution in [2.24, 2.45) is 0 Å². The smallest absolute Gasteiger partial charge is 0.390 e. The number of para-hydroxylation sites is 2. The Labute approximate surface area is 144 Å². The van der Waals surface area contributed by atoms with Gasteiger partial charge in [-0.2, -0.15) is 0 Å². The summed E-state index contributed by atoms with van der Waals surface area (Å²) in [7, 11) is 0. The van der Waals surface area contributed by atoms with Crippen LogP contribution >= 0.6 is 0 Å². The largest absolute Gasteiger partial charge is 0.456 e. The lowest BCUT2D eigenvalue weighted by molar-refractivity contribution is -0.187. The summed E-state index contributed by atoms with van der Waals surface area (Å²) in [4.78, 5) is 33.3. The Morgan fingerprint density at radius 3 is 1.88 bits per heavy atom. The van der Waals surface area contributed by atoms with Crippen molar-refractivity contribution < 1.29 is 24.1 Å². The minimum atomic E-state index is -0.823. The third-order valence-corrected chi connectivity index (χ3v) is 3.28. The average Bonchev–Trinajstić information content (AvgIpc) is 2.68. The van der Waals surface area contributed by atoms with E-state index in [9.17, 15) is 9.59 Å². The van der Waals surface area contributed by atoms with Crippen LogP contribution in [0, 0.1) is 0 Å². The van der Waals surface area contributed by atoms with Gasteiger partial charge in [0.05, 0.1) is 5.56 Å². The molecule has 0 saturated heterocycles. The molecule has 5 nitrogen and oxygen atoms in total. The Hall–Kier alpha value is -3.60. The van der Waals surface area contributed by atoms with Crippen LogP contribution in [0.1, 0.15) is 20.7 Å². The standard InChI is InChI=1S/C20H14O5/c21-19(15-9-3-1-4-10-15)24-25-20(22)17-13-7-8-14-18(17)23-16-11-5-2-6-12-16/h1-14H. The van der Waals surface area contributed by atoms with Gasteiger partial charge in [-0.05, 0) is 36.4 Å². The van der Waals surface area contributed by atoms with Gasteiger partial charge in [0, 0.05) is 0 Å². The minimum absolute atomic E-state index is 0.146. The fraction of sp³-hybridized carbons (Fsp3) is 0. The molecule has 0 unspecified atom stereocenters. The molecule has 0 heterocycles. The number of ether oxygens (including phenoxy) is 1. The Balaban J connectivity index is 1.69. The molecule has 0 spiro atoms. The second kappa shape index (κ2) is 7.79. The first-order valence-corrected chi connectivity index (χ1v) is 7.54. The van der Waals surface area contributed by atoms with Crippen LogP contribution in [-0.2, 0) is 9.78 Å². The van der Waals surface area contributed by atoms with Gasteiger partial charge in [0.25, 0.3) is 0 Å². The van der Waals surface area contributed by atoms with Gasteiger partial charge >= 0.3 is 11.9 Å². The maximum atomic E-state index is 12.2. The quantitative estimate of drug-likeness (QED) is 0.522. The highest BCUT2D eigenvalue weighted by Gasteiger charge is 2.18. The monoisotopic (exact) mass is 334 g/mol. The predicted molar refractivity (Wildman–Crippen MR) is 90.2 cm³/mol. The number of carbonyl (C=O) groups is 2. The predicted octanol–water partition coefficient (Wildman–Crippen LogP) is 4.41. The SMILES string of the molecule is O=C(OOC(=O)c1ccccc1Oc1ccccc1)c1ccccc1. The summed E-state index contributed by atoms with van der Waals surface area (Å²) < 4.78 is 5.68. The number of rotatable bonds is 4. The van der Waals surface area contributed by atoms with Crippen LogP contribution in [0.4, 0.5) is 0 Å². The van der Waals surface area contributed by atoms with Crippen LogP contribution in [0.3, 0.4) is 0 Å². The van der Waals surface area contributed by atoms with Gasteiger partial charge in [0.2, 0.25) is 0 Å². The van der Waals surface area contributed by atoms with Crippen molar-refractivity contribution in [3.05, 3.63) is 96.1 Å². The Morgan fingerprint density at radius 1 is 0.600 bits per heavy atom. The van der Waals surface area contributed by atoms with Gasteiger partial charge in [0.1, 0.15) is 17.1 Å². The highest BCUT2D eigenvalue weighted by Crippen LogP contribution is 2.25. The van der Waals surface area contributed by atoms with Crippen LogP contribution in [0.5, 0.6) is 11.5 Å². The molecule has 5 heteroatoms. The minimum Gasteiger partial charge on any atom is -0.456 e. The van der Waals surface area contributed by atoms with E-state index in [0.29, 0.717) is 11.5 Å². The summed E-state index contributed by atoms with van der Waals surface area (Å²) in [5.74, 6) is -0.704. The normalized spacial score (nSPS) is 9.92. The molecular weight excluding hydrogens is 320 g/mol. The molecular formula is C20H14O5. The zero-order chi connectivity index (χ0) is 17.5. The van der Waals surface area contributed by atoms with E-state index in [1.165, 1.54) is 6.07 Å². The molecule has 0 aromatic heterocycles. The first-order valence-electron chi connectivity index (χ1n) is 7.54. The number of benzene rings is 3. The number of carbonyl (C=O) groups excluding carboxylic acids is 2. The van der Waals surface area contributed by atoms with E-state index in [4.69, 9.17) is 4.74 Å². The van der Waals surface area contributed by atoms with Crippen molar-refractivity contribution >= 4 is 11.9 Å². The van der Waals surface area contributed by atoms with Crippen LogP contribution in [0.2, 0.25) is 0 Å². The fourth-order valence-corrected chi connectivity index (χ4v) is 2.08. The average molecular weight is 334 g/mol. The van der Waals surface area contributed by atoms with Gasteiger partial charge < -0.3 is 4.74 Å². The van der Waals surface area contributed by atoms with Crippen molar-refractivity contribution in [2.45, 2.75) is 0 Å². The van der Waals surface area contributed by atoms with Gasteiger partial charge in [-0.25, -0.2) is 19.4 Å². The maximum Gasteiger partial charge on any atom is 0.390 e. The fourth-order valence-electron chi connectivity index (χ4n) is 2.08. The molecule has 0 aliphatic rings. The molecule has 0 atom stereocenters. The highest BCUT2D eigenvalue weighted by atomic mass is 17.2. The van der Waals surface area contributed by atoms with E-state index < -0.39 is 11.9 Å². The van der Waals surface area contributed by atoms with Crippen molar-refractivity contribution in [3.8, 4) is 11.5 Å². The molecule has 3 aromatic carbocycles. The van der Waals surface area contributed by atoms with E-state index >= 15 is 0 Å². The summed E-state index contributed by atoms with van der Waals surface area (Å²) in [5.41, 5.74) is 0.427. The lowest BCUT2D eigenvalue weighted by atomic mass is 10.2. The first-order chi connectivity index (χ1) is 12.2. The summed E-state index contributed by atoms with van der Waals surface area (Å²) in [6, 6.07) is 23.8. The molecule has 0 amide bonds. The van der Waals surface area contributed by atoms with E-state index in [0.717, 1.165) is 0 Å². The van der Waals surface area contributed by atoms with E-state index in [2.05, 4.69) is 9.78 Å². The summed E-state index contributed by atoms with van der Waals surface area (Å²) >= 11 is 0.